The summed E-state index contributed by atoms with van der Waals surface area (Å²) in [4.78, 5) is 29.2. The molecule has 1 N–H and O–H groups in total. The van der Waals surface area contributed by atoms with Gasteiger partial charge in [0, 0.05) is 53.8 Å². The summed E-state index contributed by atoms with van der Waals surface area (Å²) in [5.74, 6) is 0.606. The fourth-order valence-electron chi connectivity index (χ4n) is 3.05. The molecule has 0 fully saturated rings. The lowest BCUT2D eigenvalue weighted by atomic mass is 10.1. The van der Waals surface area contributed by atoms with Crippen molar-refractivity contribution in [3.63, 3.8) is 0 Å². The van der Waals surface area contributed by atoms with Gasteiger partial charge in [0.2, 0.25) is 0 Å². The number of aromatic nitrogens is 3. The summed E-state index contributed by atoms with van der Waals surface area (Å²) in [6.45, 7) is 4.59. The number of pyridine rings is 1. The zero-order valence-electron chi connectivity index (χ0n) is 13.5. The zero-order chi connectivity index (χ0) is 16.5. The number of nitrogens with zero attached hydrogens (tertiary/aromatic N) is 3. The van der Waals surface area contributed by atoms with E-state index in [0.29, 0.717) is 12.4 Å². The van der Waals surface area contributed by atoms with Crippen LogP contribution in [0.25, 0.3) is 11.4 Å². The van der Waals surface area contributed by atoms with Crippen LogP contribution in [0.5, 0.6) is 0 Å². The van der Waals surface area contributed by atoms with Gasteiger partial charge in [-0.05, 0) is 31.2 Å². The minimum Gasteiger partial charge on any atom is -0.306 e. The highest BCUT2D eigenvalue weighted by Crippen LogP contribution is 2.22. The maximum atomic E-state index is 12.5. The predicted molar refractivity (Wildman–Crippen MR) is 95.0 cm³/mol. The monoisotopic (exact) mass is 338 g/mol. The molecule has 122 valence electrons. The Balaban J connectivity index is 1.59. The molecular weight excluding hydrogens is 320 g/mol. The summed E-state index contributed by atoms with van der Waals surface area (Å²) >= 11 is 1.82. The van der Waals surface area contributed by atoms with E-state index < -0.39 is 0 Å². The standard InChI is InChI=1S/C18H18N4OS/c1-12-4-5-14(24-12)10-22-8-6-16-15(11-22)18(23)21-17(20-16)13-3-2-7-19-9-13/h2-5,7,9H,6,8,10-11H2,1H3,(H,20,21,23). The van der Waals surface area contributed by atoms with Gasteiger partial charge in [-0.25, -0.2) is 4.98 Å². The van der Waals surface area contributed by atoms with Gasteiger partial charge in [0.05, 0.1) is 11.3 Å². The normalized spacial score (nSPS) is 14.5. The molecule has 3 aromatic heterocycles. The zero-order valence-corrected chi connectivity index (χ0v) is 14.3. The largest absolute Gasteiger partial charge is 0.306 e. The molecule has 0 spiro atoms. The maximum absolute atomic E-state index is 12.5. The Bertz CT molecular complexity index is 916. The van der Waals surface area contributed by atoms with Gasteiger partial charge in [-0.1, -0.05) is 0 Å². The fraction of sp³-hybridized carbons (Fsp3) is 0.278. The minimum atomic E-state index is -0.0362. The van der Waals surface area contributed by atoms with Gasteiger partial charge in [0.25, 0.3) is 5.56 Å². The first-order chi connectivity index (χ1) is 11.7. The van der Waals surface area contributed by atoms with Crippen LogP contribution >= 0.6 is 11.3 Å². The van der Waals surface area contributed by atoms with E-state index in [-0.39, 0.29) is 5.56 Å². The number of thiophene rings is 1. The third-order valence-corrected chi connectivity index (χ3v) is 5.24. The SMILES string of the molecule is Cc1ccc(CN2CCc3nc(-c4cccnc4)[nH]c(=O)c3C2)s1. The molecular formula is C18H18N4OS. The lowest BCUT2D eigenvalue weighted by Gasteiger charge is -2.27. The molecule has 0 saturated heterocycles. The Kier molecular flexibility index (Phi) is 4.00. The average Bonchev–Trinajstić information content (AvgIpc) is 3.01. The number of rotatable bonds is 3. The molecule has 0 aromatic carbocycles. The first-order valence-electron chi connectivity index (χ1n) is 7.99. The van der Waals surface area contributed by atoms with Crippen molar-refractivity contribution in [1.82, 2.24) is 19.9 Å². The molecule has 6 heteroatoms. The second-order valence-electron chi connectivity index (χ2n) is 6.05. The minimum absolute atomic E-state index is 0.0362. The van der Waals surface area contributed by atoms with Crippen molar-refractivity contribution < 1.29 is 0 Å². The van der Waals surface area contributed by atoms with E-state index in [2.05, 4.69) is 38.9 Å². The molecule has 1 aliphatic rings. The highest BCUT2D eigenvalue weighted by molar-refractivity contribution is 7.11. The lowest BCUT2D eigenvalue weighted by Crippen LogP contribution is -2.35. The quantitative estimate of drug-likeness (QED) is 0.798. The molecule has 0 amide bonds. The number of fused-ring (bicyclic) bond motifs is 1. The summed E-state index contributed by atoms with van der Waals surface area (Å²) < 4.78 is 0. The van der Waals surface area contributed by atoms with E-state index in [1.54, 1.807) is 12.4 Å². The van der Waals surface area contributed by atoms with Crippen LogP contribution in [0.15, 0.2) is 41.5 Å². The van der Waals surface area contributed by atoms with E-state index in [0.717, 1.165) is 36.3 Å². The van der Waals surface area contributed by atoms with Gasteiger partial charge in [0.1, 0.15) is 5.82 Å². The van der Waals surface area contributed by atoms with Crippen molar-refractivity contribution in [2.75, 3.05) is 6.54 Å². The molecule has 4 heterocycles. The van der Waals surface area contributed by atoms with Crippen LogP contribution in [0.1, 0.15) is 21.0 Å². The molecule has 24 heavy (non-hydrogen) atoms. The molecule has 3 aromatic rings. The second-order valence-corrected chi connectivity index (χ2v) is 7.43. The molecule has 0 aliphatic carbocycles. The third-order valence-electron chi connectivity index (χ3n) is 4.26. The number of nitrogens with one attached hydrogen (secondary N) is 1. The van der Waals surface area contributed by atoms with E-state index in [4.69, 9.17) is 0 Å². The fourth-order valence-corrected chi connectivity index (χ4v) is 3.98. The van der Waals surface area contributed by atoms with Crippen LogP contribution < -0.4 is 5.56 Å². The van der Waals surface area contributed by atoms with E-state index in [9.17, 15) is 4.79 Å². The Hall–Kier alpha value is -2.31. The van der Waals surface area contributed by atoms with Gasteiger partial charge in [0.15, 0.2) is 0 Å². The highest BCUT2D eigenvalue weighted by atomic mass is 32.1. The average molecular weight is 338 g/mol. The Labute approximate surface area is 144 Å². The molecule has 0 atom stereocenters. The molecule has 0 radical (unpaired) electrons. The molecule has 4 rings (SSSR count). The third kappa shape index (κ3) is 3.02. The van der Waals surface area contributed by atoms with E-state index >= 15 is 0 Å². The van der Waals surface area contributed by atoms with Crippen molar-refractivity contribution in [3.8, 4) is 11.4 Å². The van der Waals surface area contributed by atoms with Gasteiger partial charge in [-0.2, -0.15) is 0 Å². The summed E-state index contributed by atoms with van der Waals surface area (Å²) in [6, 6.07) is 8.07. The first kappa shape index (κ1) is 15.2. The van der Waals surface area contributed by atoms with Gasteiger partial charge in [-0.15, -0.1) is 11.3 Å². The van der Waals surface area contributed by atoms with Crippen LogP contribution in [-0.2, 0) is 19.5 Å². The topological polar surface area (TPSA) is 61.9 Å². The smallest absolute Gasteiger partial charge is 0.255 e. The van der Waals surface area contributed by atoms with E-state index in [1.807, 2.05) is 23.5 Å². The number of aryl methyl sites for hydroxylation is 1. The Morgan fingerprint density at radius 1 is 1.33 bits per heavy atom. The van der Waals surface area contributed by atoms with Crippen LogP contribution in [0.4, 0.5) is 0 Å². The summed E-state index contributed by atoms with van der Waals surface area (Å²) in [7, 11) is 0. The lowest BCUT2D eigenvalue weighted by molar-refractivity contribution is 0.244. The van der Waals surface area contributed by atoms with Crippen molar-refractivity contribution >= 4 is 11.3 Å². The van der Waals surface area contributed by atoms with Crippen molar-refractivity contribution in [3.05, 3.63) is 68.0 Å². The van der Waals surface area contributed by atoms with Crippen LogP contribution in [0.3, 0.4) is 0 Å². The first-order valence-corrected chi connectivity index (χ1v) is 8.81. The van der Waals surface area contributed by atoms with Crippen molar-refractivity contribution in [2.45, 2.75) is 26.4 Å². The van der Waals surface area contributed by atoms with Gasteiger partial charge < -0.3 is 4.98 Å². The molecule has 1 aliphatic heterocycles. The number of H-pyrrole nitrogens is 1. The summed E-state index contributed by atoms with van der Waals surface area (Å²) in [5, 5.41) is 0. The van der Waals surface area contributed by atoms with E-state index in [1.165, 1.54) is 9.75 Å². The van der Waals surface area contributed by atoms with Crippen LogP contribution in [0.2, 0.25) is 0 Å². The number of hydrogen-bond donors (Lipinski definition) is 1. The molecule has 0 bridgehead atoms. The van der Waals surface area contributed by atoms with Crippen LogP contribution in [0, 0.1) is 6.92 Å². The highest BCUT2D eigenvalue weighted by Gasteiger charge is 2.21. The number of aromatic amines is 1. The van der Waals surface area contributed by atoms with Gasteiger partial charge in [-0.3, -0.25) is 14.7 Å². The Morgan fingerprint density at radius 3 is 3.00 bits per heavy atom. The second kappa shape index (κ2) is 6.30. The predicted octanol–water partition coefficient (Wildman–Crippen LogP) is 2.76. The van der Waals surface area contributed by atoms with Crippen LogP contribution in [-0.4, -0.2) is 26.4 Å². The summed E-state index contributed by atoms with van der Waals surface area (Å²) in [6.07, 6.45) is 4.24. The van der Waals surface area contributed by atoms with Gasteiger partial charge >= 0.3 is 0 Å². The molecule has 0 unspecified atom stereocenters. The Morgan fingerprint density at radius 2 is 2.25 bits per heavy atom. The van der Waals surface area contributed by atoms with Crippen molar-refractivity contribution in [2.24, 2.45) is 0 Å². The van der Waals surface area contributed by atoms with Crippen molar-refractivity contribution in [1.29, 1.82) is 0 Å². The molecule has 5 nitrogen and oxygen atoms in total. The number of hydrogen-bond acceptors (Lipinski definition) is 5. The molecule has 0 saturated carbocycles. The summed E-state index contributed by atoms with van der Waals surface area (Å²) in [5.41, 5.74) is 2.51. The maximum Gasteiger partial charge on any atom is 0.255 e.